The number of amides is 1. The summed E-state index contributed by atoms with van der Waals surface area (Å²) in [6, 6.07) is 16.2. The van der Waals surface area contributed by atoms with Crippen LogP contribution >= 0.6 is 0 Å². The van der Waals surface area contributed by atoms with E-state index in [-0.39, 0.29) is 5.69 Å². The monoisotopic (exact) mass is 514 g/mol. The van der Waals surface area contributed by atoms with E-state index in [0.29, 0.717) is 12.1 Å². The number of anilines is 1. The number of carbonyl (C=O) groups excluding carboxylic acids is 1. The Morgan fingerprint density at radius 3 is 2.35 bits per heavy atom. The number of carbonyl (C=O) groups is 1. The molecule has 1 saturated heterocycles. The van der Waals surface area contributed by atoms with Crippen molar-refractivity contribution < 1.29 is 23.1 Å². The molecule has 2 N–H and O–H groups in total. The fraction of sp³-hybridized carbons (Fsp3) is 0.393. The molecule has 2 aromatic carbocycles. The molecule has 1 amide bonds. The molecule has 1 atom stereocenters. The molecule has 0 spiro atoms. The standard InChI is InChI=1S/C28H33F3N4O2/c1-20-25(27(37)32-24-11-6-10-23(18-24)28(29,30)31)19-26(22-8-4-3-5-9-22)35(20)13-7-12-33-14-16-34(17-15-33)21(2)36/h3-6,8-11,18-19,21,36H,7,12-17H2,1-2H3,(H,32,37). The average Bonchev–Trinajstić information content (AvgIpc) is 3.21. The Morgan fingerprint density at radius 2 is 1.70 bits per heavy atom. The zero-order valence-electron chi connectivity index (χ0n) is 21.1. The number of nitrogens with zero attached hydrogens (tertiary/aromatic N) is 3. The normalized spacial score (nSPS) is 16.1. The number of piperazine rings is 1. The van der Waals surface area contributed by atoms with Crippen LogP contribution in [-0.4, -0.2) is 64.3 Å². The summed E-state index contributed by atoms with van der Waals surface area (Å²) in [7, 11) is 0. The lowest BCUT2D eigenvalue weighted by Gasteiger charge is -2.36. The number of aromatic nitrogens is 1. The van der Waals surface area contributed by atoms with Crippen LogP contribution in [-0.2, 0) is 12.7 Å². The number of aliphatic hydroxyl groups excluding tert-OH is 1. The zero-order chi connectivity index (χ0) is 26.6. The molecule has 0 saturated carbocycles. The van der Waals surface area contributed by atoms with Gasteiger partial charge in [-0.05, 0) is 56.6 Å². The molecule has 1 unspecified atom stereocenters. The smallest absolute Gasteiger partial charge is 0.379 e. The quantitative estimate of drug-likeness (QED) is 0.440. The van der Waals surface area contributed by atoms with E-state index in [4.69, 9.17) is 0 Å². The van der Waals surface area contributed by atoms with Crippen molar-refractivity contribution in [1.82, 2.24) is 14.4 Å². The number of nitrogens with one attached hydrogen (secondary N) is 1. The van der Waals surface area contributed by atoms with Gasteiger partial charge in [0.1, 0.15) is 6.23 Å². The molecule has 1 fully saturated rings. The molecule has 3 aromatic rings. The number of alkyl halides is 3. The summed E-state index contributed by atoms with van der Waals surface area (Å²) < 4.78 is 41.4. The predicted molar refractivity (Wildman–Crippen MR) is 138 cm³/mol. The summed E-state index contributed by atoms with van der Waals surface area (Å²) in [5.74, 6) is -0.443. The van der Waals surface area contributed by atoms with E-state index in [1.54, 1.807) is 6.92 Å². The third-order valence-corrected chi connectivity index (χ3v) is 6.92. The van der Waals surface area contributed by atoms with E-state index in [0.717, 1.165) is 68.2 Å². The molecular formula is C28H33F3N4O2. The Hall–Kier alpha value is -3.14. The molecule has 2 heterocycles. The molecule has 0 bridgehead atoms. The molecule has 6 nitrogen and oxygen atoms in total. The van der Waals surface area contributed by atoms with Crippen LogP contribution in [0.1, 0.15) is 35.0 Å². The highest BCUT2D eigenvalue weighted by Crippen LogP contribution is 2.31. The third kappa shape index (κ3) is 6.60. The van der Waals surface area contributed by atoms with E-state index >= 15 is 0 Å². The molecule has 0 aliphatic carbocycles. The number of halogens is 3. The molecule has 9 heteroatoms. The van der Waals surface area contributed by atoms with Crippen molar-refractivity contribution in [2.45, 2.75) is 39.2 Å². The van der Waals surface area contributed by atoms with Crippen LogP contribution in [0.15, 0.2) is 60.7 Å². The van der Waals surface area contributed by atoms with Gasteiger partial charge >= 0.3 is 6.18 Å². The fourth-order valence-electron chi connectivity index (χ4n) is 4.80. The fourth-order valence-corrected chi connectivity index (χ4v) is 4.80. The van der Waals surface area contributed by atoms with Gasteiger partial charge in [-0.3, -0.25) is 9.69 Å². The van der Waals surface area contributed by atoms with Crippen LogP contribution in [0.4, 0.5) is 18.9 Å². The Labute approximate surface area is 215 Å². The van der Waals surface area contributed by atoms with Gasteiger partial charge < -0.3 is 19.9 Å². The molecule has 198 valence electrons. The average molecular weight is 515 g/mol. The van der Waals surface area contributed by atoms with Crippen LogP contribution in [0.25, 0.3) is 11.3 Å². The van der Waals surface area contributed by atoms with Crippen molar-refractivity contribution in [2.75, 3.05) is 38.0 Å². The van der Waals surface area contributed by atoms with Crippen molar-refractivity contribution in [3.8, 4) is 11.3 Å². The van der Waals surface area contributed by atoms with Crippen LogP contribution in [0, 0.1) is 6.92 Å². The molecular weight excluding hydrogens is 481 g/mol. The van der Waals surface area contributed by atoms with Gasteiger partial charge in [0.2, 0.25) is 0 Å². The Morgan fingerprint density at radius 1 is 1.00 bits per heavy atom. The number of aliphatic hydroxyl groups is 1. The minimum Gasteiger partial charge on any atom is -0.379 e. The topological polar surface area (TPSA) is 60.7 Å². The second-order valence-electron chi connectivity index (χ2n) is 9.44. The lowest BCUT2D eigenvalue weighted by atomic mass is 10.1. The minimum atomic E-state index is -4.48. The SMILES string of the molecule is Cc1c(C(=O)Nc2cccc(C(F)(F)F)c2)cc(-c2ccccc2)n1CCCN1CCN(C(C)O)CC1. The van der Waals surface area contributed by atoms with Crippen LogP contribution in [0.2, 0.25) is 0 Å². The summed E-state index contributed by atoms with van der Waals surface area (Å²) in [6.07, 6.45) is -4.04. The first-order chi connectivity index (χ1) is 17.6. The maximum atomic E-state index is 13.2. The van der Waals surface area contributed by atoms with Crippen molar-refractivity contribution in [3.63, 3.8) is 0 Å². The maximum absolute atomic E-state index is 13.2. The highest BCUT2D eigenvalue weighted by molar-refractivity contribution is 6.06. The molecule has 1 aromatic heterocycles. The van der Waals surface area contributed by atoms with Crippen molar-refractivity contribution in [2.24, 2.45) is 0 Å². The second-order valence-corrected chi connectivity index (χ2v) is 9.44. The number of benzene rings is 2. The maximum Gasteiger partial charge on any atom is 0.416 e. The molecule has 1 aliphatic rings. The first kappa shape index (κ1) is 26.9. The van der Waals surface area contributed by atoms with Crippen molar-refractivity contribution >= 4 is 11.6 Å². The predicted octanol–water partition coefficient (Wildman–Crippen LogP) is 5.08. The third-order valence-electron chi connectivity index (χ3n) is 6.92. The largest absolute Gasteiger partial charge is 0.416 e. The van der Waals surface area contributed by atoms with Crippen LogP contribution < -0.4 is 5.32 Å². The summed E-state index contributed by atoms with van der Waals surface area (Å²) in [5.41, 5.74) is 2.35. The van der Waals surface area contributed by atoms with Gasteiger partial charge in [-0.15, -0.1) is 0 Å². The Balaban J connectivity index is 1.51. The van der Waals surface area contributed by atoms with Crippen molar-refractivity contribution in [1.29, 1.82) is 0 Å². The molecule has 4 rings (SSSR count). The second kappa shape index (κ2) is 11.5. The number of hydrogen-bond donors (Lipinski definition) is 2. The van der Waals surface area contributed by atoms with Gasteiger partial charge in [0.15, 0.2) is 0 Å². The van der Waals surface area contributed by atoms with E-state index in [2.05, 4.69) is 19.7 Å². The summed E-state index contributed by atoms with van der Waals surface area (Å²) in [6.45, 7) is 8.70. The first-order valence-electron chi connectivity index (χ1n) is 12.5. The van der Waals surface area contributed by atoms with E-state index < -0.39 is 23.9 Å². The van der Waals surface area contributed by atoms with Gasteiger partial charge in [-0.25, -0.2) is 0 Å². The zero-order valence-corrected chi connectivity index (χ0v) is 21.1. The highest BCUT2D eigenvalue weighted by Gasteiger charge is 2.30. The summed E-state index contributed by atoms with van der Waals surface area (Å²) >= 11 is 0. The van der Waals surface area contributed by atoms with E-state index in [1.165, 1.54) is 12.1 Å². The molecule has 37 heavy (non-hydrogen) atoms. The first-order valence-corrected chi connectivity index (χ1v) is 12.5. The van der Waals surface area contributed by atoms with Crippen LogP contribution in [0.3, 0.4) is 0 Å². The minimum absolute atomic E-state index is 0.101. The van der Waals surface area contributed by atoms with Gasteiger partial charge in [0, 0.05) is 49.8 Å². The van der Waals surface area contributed by atoms with Crippen molar-refractivity contribution in [3.05, 3.63) is 77.5 Å². The Bertz CT molecular complexity index is 1200. The molecule has 1 aliphatic heterocycles. The Kier molecular flexibility index (Phi) is 8.36. The van der Waals surface area contributed by atoms with E-state index in [1.807, 2.05) is 43.3 Å². The number of hydrogen-bond acceptors (Lipinski definition) is 4. The van der Waals surface area contributed by atoms with Gasteiger partial charge in [-0.2, -0.15) is 13.2 Å². The lowest BCUT2D eigenvalue weighted by Crippen LogP contribution is -2.49. The van der Waals surface area contributed by atoms with Gasteiger partial charge in [0.05, 0.1) is 11.1 Å². The van der Waals surface area contributed by atoms with Crippen LogP contribution in [0.5, 0.6) is 0 Å². The van der Waals surface area contributed by atoms with Gasteiger partial charge in [0.25, 0.3) is 5.91 Å². The highest BCUT2D eigenvalue weighted by atomic mass is 19.4. The molecule has 0 radical (unpaired) electrons. The summed E-state index contributed by atoms with van der Waals surface area (Å²) in [5, 5.41) is 12.4. The lowest BCUT2D eigenvalue weighted by molar-refractivity contribution is -0.137. The van der Waals surface area contributed by atoms with Gasteiger partial charge in [-0.1, -0.05) is 36.4 Å². The van der Waals surface area contributed by atoms with E-state index in [9.17, 15) is 23.1 Å². The number of rotatable bonds is 8. The summed E-state index contributed by atoms with van der Waals surface area (Å²) in [4.78, 5) is 17.6.